The fourth-order valence-electron chi connectivity index (χ4n) is 4.59. The van der Waals surface area contributed by atoms with Gasteiger partial charge < -0.3 is 10.0 Å². The molecule has 1 aromatic heterocycles. The molecule has 0 fully saturated rings. The van der Waals surface area contributed by atoms with Crippen LogP contribution in [0.5, 0.6) is 5.75 Å². The number of amides is 1. The zero-order valence-electron chi connectivity index (χ0n) is 17.9. The van der Waals surface area contributed by atoms with Crippen molar-refractivity contribution in [2.75, 3.05) is 6.54 Å². The molecule has 1 atom stereocenters. The molecular formula is C27H23N3O3. The summed E-state index contributed by atoms with van der Waals surface area (Å²) in [7, 11) is 0. The van der Waals surface area contributed by atoms with Crippen molar-refractivity contribution < 1.29 is 9.90 Å². The molecule has 1 amide bonds. The number of rotatable bonds is 5. The smallest absolute Gasteiger partial charge is 0.276 e. The van der Waals surface area contributed by atoms with E-state index in [4.69, 9.17) is 0 Å². The first-order valence-electron chi connectivity index (χ1n) is 10.9. The maximum Gasteiger partial charge on any atom is 0.276 e. The molecule has 0 saturated carbocycles. The van der Waals surface area contributed by atoms with Crippen molar-refractivity contribution in [1.29, 1.82) is 0 Å². The minimum absolute atomic E-state index is 0.0634. The van der Waals surface area contributed by atoms with Crippen LogP contribution in [-0.4, -0.2) is 32.2 Å². The van der Waals surface area contributed by atoms with E-state index in [1.807, 2.05) is 66.7 Å². The van der Waals surface area contributed by atoms with Crippen molar-refractivity contribution in [3.05, 3.63) is 130 Å². The molecule has 4 aromatic rings. The summed E-state index contributed by atoms with van der Waals surface area (Å²) < 4.78 is 1.53. The summed E-state index contributed by atoms with van der Waals surface area (Å²) in [5, 5.41) is 14.9. The molecule has 0 unspecified atom stereocenters. The van der Waals surface area contributed by atoms with E-state index < -0.39 is 17.1 Å². The van der Waals surface area contributed by atoms with Crippen molar-refractivity contribution in [3.63, 3.8) is 0 Å². The molecular weight excluding hydrogens is 414 g/mol. The summed E-state index contributed by atoms with van der Waals surface area (Å²) in [6.07, 6.45) is 1.08. The van der Waals surface area contributed by atoms with Crippen molar-refractivity contribution in [2.45, 2.75) is 18.5 Å². The maximum atomic E-state index is 13.4. The first kappa shape index (κ1) is 20.7. The van der Waals surface area contributed by atoms with Gasteiger partial charge in [-0.2, -0.15) is 5.10 Å². The van der Waals surface area contributed by atoms with Crippen LogP contribution in [0.15, 0.2) is 102 Å². The van der Waals surface area contributed by atoms with Crippen LogP contribution in [0.4, 0.5) is 0 Å². The van der Waals surface area contributed by atoms with Crippen LogP contribution < -0.4 is 5.43 Å². The molecule has 2 heterocycles. The van der Waals surface area contributed by atoms with Gasteiger partial charge in [0.2, 0.25) is 5.43 Å². The summed E-state index contributed by atoms with van der Waals surface area (Å²) in [6.45, 7) is 0.749. The van der Waals surface area contributed by atoms with Gasteiger partial charge in [-0.05, 0) is 16.7 Å². The highest BCUT2D eigenvalue weighted by Crippen LogP contribution is 2.39. The van der Waals surface area contributed by atoms with Crippen molar-refractivity contribution in [3.8, 4) is 5.75 Å². The minimum atomic E-state index is -0.661. The summed E-state index contributed by atoms with van der Waals surface area (Å²) in [4.78, 5) is 27.3. The van der Waals surface area contributed by atoms with E-state index in [0.717, 1.165) is 22.9 Å². The summed E-state index contributed by atoms with van der Waals surface area (Å²) in [5.74, 6) is -1.11. The highest BCUT2D eigenvalue weighted by molar-refractivity contribution is 5.95. The highest BCUT2D eigenvalue weighted by Gasteiger charge is 2.39. The molecule has 3 aromatic carbocycles. The van der Waals surface area contributed by atoms with E-state index in [-0.39, 0.29) is 17.7 Å². The molecule has 33 heavy (non-hydrogen) atoms. The standard InChI is InChI=1S/C27H23N3O3/c31-23-16-28-30-22(24(20-12-6-2-7-13-20)21-14-8-3-9-15-21)18-29(27(33)25(30)26(23)32)17-19-10-4-1-5-11-19/h1-16,22,24,32H,17-18H2/t22-/m1/s1. The van der Waals surface area contributed by atoms with E-state index in [9.17, 15) is 14.7 Å². The van der Waals surface area contributed by atoms with Crippen LogP contribution in [0, 0.1) is 0 Å². The molecule has 0 saturated heterocycles. The molecule has 5 rings (SSSR count). The van der Waals surface area contributed by atoms with Crippen LogP contribution in [0.2, 0.25) is 0 Å². The van der Waals surface area contributed by atoms with E-state index in [1.165, 1.54) is 4.68 Å². The van der Waals surface area contributed by atoms with E-state index >= 15 is 0 Å². The van der Waals surface area contributed by atoms with Gasteiger partial charge in [-0.25, -0.2) is 0 Å². The Balaban J connectivity index is 1.67. The van der Waals surface area contributed by atoms with Gasteiger partial charge in [-0.3, -0.25) is 14.3 Å². The maximum absolute atomic E-state index is 13.4. The molecule has 1 aliphatic heterocycles. The average molecular weight is 437 g/mol. The van der Waals surface area contributed by atoms with Crippen LogP contribution in [0.3, 0.4) is 0 Å². The highest BCUT2D eigenvalue weighted by atomic mass is 16.3. The predicted octanol–water partition coefficient (Wildman–Crippen LogP) is 3.98. The van der Waals surface area contributed by atoms with Gasteiger partial charge in [0.15, 0.2) is 11.4 Å². The molecule has 0 radical (unpaired) electrons. The number of hydrogen-bond donors (Lipinski definition) is 1. The second-order valence-corrected chi connectivity index (χ2v) is 8.19. The van der Waals surface area contributed by atoms with E-state index in [0.29, 0.717) is 13.1 Å². The Labute approximate surface area is 191 Å². The van der Waals surface area contributed by atoms with Crippen molar-refractivity contribution in [1.82, 2.24) is 14.7 Å². The number of nitrogens with zero attached hydrogens (tertiary/aromatic N) is 3. The normalized spacial score (nSPS) is 15.5. The third kappa shape index (κ3) is 3.91. The number of carbonyl (C=O) groups excluding carboxylic acids is 1. The van der Waals surface area contributed by atoms with Crippen LogP contribution in [0.1, 0.15) is 39.1 Å². The first-order valence-corrected chi connectivity index (χ1v) is 10.9. The fourth-order valence-corrected chi connectivity index (χ4v) is 4.59. The lowest BCUT2D eigenvalue weighted by Gasteiger charge is -2.39. The quantitative estimate of drug-likeness (QED) is 0.513. The topological polar surface area (TPSA) is 75.4 Å². The van der Waals surface area contributed by atoms with E-state index in [2.05, 4.69) is 29.4 Å². The van der Waals surface area contributed by atoms with Crippen LogP contribution in [-0.2, 0) is 6.54 Å². The molecule has 6 nitrogen and oxygen atoms in total. The number of benzene rings is 3. The van der Waals surface area contributed by atoms with Gasteiger partial charge in [0.25, 0.3) is 5.91 Å². The Hall–Kier alpha value is -4.19. The summed E-state index contributed by atoms with van der Waals surface area (Å²) in [5.41, 5.74) is 2.37. The van der Waals surface area contributed by atoms with Gasteiger partial charge in [0.05, 0.1) is 12.2 Å². The summed E-state index contributed by atoms with van der Waals surface area (Å²) >= 11 is 0. The fraction of sp³-hybridized carbons (Fsp3) is 0.148. The number of carbonyl (C=O) groups is 1. The molecule has 0 bridgehead atoms. The van der Waals surface area contributed by atoms with E-state index in [1.54, 1.807) is 4.90 Å². The number of aromatic nitrogens is 2. The lowest BCUT2D eigenvalue weighted by atomic mass is 9.83. The third-order valence-corrected chi connectivity index (χ3v) is 6.12. The van der Waals surface area contributed by atoms with Crippen molar-refractivity contribution >= 4 is 5.91 Å². The van der Waals surface area contributed by atoms with Gasteiger partial charge in [-0.1, -0.05) is 91.0 Å². The Morgan fingerprint density at radius 1 is 0.848 bits per heavy atom. The number of fused-ring (bicyclic) bond motifs is 1. The van der Waals surface area contributed by atoms with Crippen LogP contribution >= 0.6 is 0 Å². The largest absolute Gasteiger partial charge is 0.502 e. The van der Waals surface area contributed by atoms with Crippen LogP contribution in [0.25, 0.3) is 0 Å². The summed E-state index contributed by atoms with van der Waals surface area (Å²) in [6, 6.07) is 29.5. The first-order chi connectivity index (χ1) is 16.1. The van der Waals surface area contributed by atoms with Gasteiger partial charge in [0.1, 0.15) is 0 Å². The second kappa shape index (κ2) is 8.74. The molecule has 0 aliphatic carbocycles. The molecule has 1 aliphatic rings. The SMILES string of the molecule is O=C1c2c(O)c(=O)cnn2[C@@H](C(c2ccccc2)c2ccccc2)CN1Cc1ccccc1. The zero-order chi connectivity index (χ0) is 22.8. The van der Waals surface area contributed by atoms with Gasteiger partial charge >= 0.3 is 0 Å². The lowest BCUT2D eigenvalue weighted by molar-refractivity contribution is 0.0618. The van der Waals surface area contributed by atoms with Gasteiger partial charge in [0, 0.05) is 19.0 Å². The molecule has 6 heteroatoms. The number of aromatic hydroxyl groups is 1. The second-order valence-electron chi connectivity index (χ2n) is 8.19. The Bertz CT molecular complexity index is 1280. The minimum Gasteiger partial charge on any atom is -0.502 e. The van der Waals surface area contributed by atoms with Gasteiger partial charge in [-0.15, -0.1) is 0 Å². The lowest BCUT2D eigenvalue weighted by Crippen LogP contribution is -2.46. The monoisotopic (exact) mass is 437 g/mol. The molecule has 164 valence electrons. The predicted molar refractivity (Wildman–Crippen MR) is 125 cm³/mol. The molecule has 0 spiro atoms. The Morgan fingerprint density at radius 2 is 1.39 bits per heavy atom. The Morgan fingerprint density at radius 3 is 1.97 bits per heavy atom. The van der Waals surface area contributed by atoms with Crippen molar-refractivity contribution in [2.24, 2.45) is 0 Å². The third-order valence-electron chi connectivity index (χ3n) is 6.12. The zero-order valence-corrected chi connectivity index (χ0v) is 17.9. The average Bonchev–Trinajstić information content (AvgIpc) is 2.86. The molecule has 1 N–H and O–H groups in total. The Kier molecular flexibility index (Phi) is 5.48. The number of hydrogen-bond acceptors (Lipinski definition) is 4.